The number of carboxylic acid groups (broad SMARTS) is 1. The number of carbonyl (C=O) groups excluding carboxylic acids is 1. The topological polar surface area (TPSA) is 83.8 Å². The SMILES string of the molecule is CCC(=O)[C@](CO)(C(=O)O)c1ccc2cc(OC)ccc2c1. The summed E-state index contributed by atoms with van der Waals surface area (Å²) in [5.74, 6) is -1.17. The first-order chi connectivity index (χ1) is 10.5. The summed E-state index contributed by atoms with van der Waals surface area (Å²) in [5, 5.41) is 20.8. The van der Waals surface area contributed by atoms with Gasteiger partial charge in [-0.3, -0.25) is 9.59 Å². The number of rotatable bonds is 6. The summed E-state index contributed by atoms with van der Waals surface area (Å²) in [4.78, 5) is 23.9. The average Bonchev–Trinajstić information content (AvgIpc) is 2.54. The summed E-state index contributed by atoms with van der Waals surface area (Å²) in [7, 11) is 1.57. The summed E-state index contributed by atoms with van der Waals surface area (Å²) >= 11 is 0. The van der Waals surface area contributed by atoms with Crippen molar-refractivity contribution in [1.82, 2.24) is 0 Å². The summed E-state index contributed by atoms with van der Waals surface area (Å²) in [6.45, 7) is 0.818. The number of benzene rings is 2. The molecule has 2 rings (SSSR count). The monoisotopic (exact) mass is 302 g/mol. The standard InChI is InChI=1S/C17H18O5/c1-3-15(19)17(10-18,16(20)21)13-6-4-12-9-14(22-2)7-5-11(12)8-13/h4-9,18H,3,10H2,1-2H3,(H,20,21)/t17-/m1/s1. The molecule has 5 heteroatoms. The number of ketones is 1. The maximum atomic E-state index is 12.2. The predicted octanol–water partition coefficient (Wildman–Crippen LogP) is 2.14. The van der Waals surface area contributed by atoms with Gasteiger partial charge in [0.25, 0.3) is 0 Å². The maximum Gasteiger partial charge on any atom is 0.324 e. The number of ether oxygens (including phenoxy) is 1. The Labute approximate surface area is 128 Å². The number of Topliss-reactive ketones (excluding diaryl/α,β-unsaturated/α-hetero) is 1. The van der Waals surface area contributed by atoms with E-state index in [0.29, 0.717) is 5.75 Å². The Morgan fingerprint density at radius 2 is 1.77 bits per heavy atom. The van der Waals surface area contributed by atoms with Gasteiger partial charge in [0.15, 0.2) is 11.2 Å². The second-order valence-electron chi connectivity index (χ2n) is 5.07. The van der Waals surface area contributed by atoms with Crippen molar-refractivity contribution in [2.45, 2.75) is 18.8 Å². The van der Waals surface area contributed by atoms with E-state index in [1.165, 1.54) is 0 Å². The van der Waals surface area contributed by atoms with Crippen LogP contribution >= 0.6 is 0 Å². The normalized spacial score (nSPS) is 13.6. The van der Waals surface area contributed by atoms with Crippen LogP contribution in [0.4, 0.5) is 0 Å². The van der Waals surface area contributed by atoms with Crippen molar-refractivity contribution < 1.29 is 24.5 Å². The molecule has 0 saturated carbocycles. The van der Waals surface area contributed by atoms with Gasteiger partial charge in [0.2, 0.25) is 0 Å². The highest BCUT2D eigenvalue weighted by Gasteiger charge is 2.46. The Bertz CT molecular complexity index is 722. The summed E-state index contributed by atoms with van der Waals surface area (Å²) in [6, 6.07) is 10.3. The van der Waals surface area contributed by atoms with Crippen LogP contribution in [0.25, 0.3) is 10.8 Å². The lowest BCUT2D eigenvalue weighted by molar-refractivity contribution is -0.150. The first kappa shape index (κ1) is 16.0. The van der Waals surface area contributed by atoms with Gasteiger partial charge in [-0.25, -0.2) is 0 Å². The van der Waals surface area contributed by atoms with Gasteiger partial charge in [0, 0.05) is 6.42 Å². The van der Waals surface area contributed by atoms with Crippen LogP contribution in [0.2, 0.25) is 0 Å². The smallest absolute Gasteiger partial charge is 0.324 e. The largest absolute Gasteiger partial charge is 0.497 e. The molecule has 0 aliphatic carbocycles. The highest BCUT2D eigenvalue weighted by molar-refractivity contribution is 6.09. The van der Waals surface area contributed by atoms with Crippen LogP contribution in [-0.2, 0) is 15.0 Å². The molecule has 1 atom stereocenters. The Morgan fingerprint density at radius 1 is 1.14 bits per heavy atom. The van der Waals surface area contributed by atoms with Crippen LogP contribution in [0, 0.1) is 0 Å². The first-order valence-corrected chi connectivity index (χ1v) is 6.95. The summed E-state index contributed by atoms with van der Waals surface area (Å²) in [6.07, 6.45) is 0.0352. The van der Waals surface area contributed by atoms with Crippen molar-refractivity contribution in [2.75, 3.05) is 13.7 Å². The van der Waals surface area contributed by atoms with E-state index >= 15 is 0 Å². The Morgan fingerprint density at radius 3 is 2.32 bits per heavy atom. The van der Waals surface area contributed by atoms with Crippen molar-refractivity contribution in [3.63, 3.8) is 0 Å². The molecule has 0 bridgehead atoms. The molecule has 2 N–H and O–H groups in total. The third-order valence-electron chi connectivity index (χ3n) is 3.94. The molecule has 0 aliphatic heterocycles. The van der Waals surface area contributed by atoms with Crippen LogP contribution in [0.15, 0.2) is 36.4 Å². The molecule has 0 unspecified atom stereocenters. The van der Waals surface area contributed by atoms with Gasteiger partial charge in [-0.05, 0) is 34.5 Å². The van der Waals surface area contributed by atoms with Crippen LogP contribution in [0.3, 0.4) is 0 Å². The average molecular weight is 302 g/mol. The fraction of sp³-hybridized carbons (Fsp3) is 0.294. The molecule has 0 saturated heterocycles. The van der Waals surface area contributed by atoms with E-state index < -0.39 is 23.8 Å². The molecule has 5 nitrogen and oxygen atoms in total. The van der Waals surface area contributed by atoms with Crippen molar-refractivity contribution in [3.8, 4) is 5.75 Å². The number of aliphatic carboxylic acids is 1. The predicted molar refractivity (Wildman–Crippen MR) is 82.2 cm³/mol. The molecule has 0 aliphatic rings. The minimum atomic E-state index is -1.91. The number of methoxy groups -OCH3 is 1. The highest BCUT2D eigenvalue weighted by Crippen LogP contribution is 2.31. The van der Waals surface area contributed by atoms with Crippen LogP contribution in [0.5, 0.6) is 5.75 Å². The molecule has 2 aromatic carbocycles. The molecule has 0 fully saturated rings. The molecule has 0 radical (unpaired) electrons. The molecule has 0 aromatic heterocycles. The first-order valence-electron chi connectivity index (χ1n) is 6.95. The Kier molecular flexibility index (Phi) is 4.47. The second-order valence-corrected chi connectivity index (χ2v) is 5.07. The van der Waals surface area contributed by atoms with Crippen molar-refractivity contribution in [1.29, 1.82) is 0 Å². The Hall–Kier alpha value is -2.40. The minimum Gasteiger partial charge on any atom is -0.497 e. The molecular weight excluding hydrogens is 284 g/mol. The van der Waals surface area contributed by atoms with E-state index in [-0.39, 0.29) is 12.0 Å². The van der Waals surface area contributed by atoms with Gasteiger partial charge < -0.3 is 14.9 Å². The third-order valence-corrected chi connectivity index (χ3v) is 3.94. The third kappa shape index (κ3) is 2.44. The lowest BCUT2D eigenvalue weighted by Gasteiger charge is -2.26. The van der Waals surface area contributed by atoms with Gasteiger partial charge in [-0.15, -0.1) is 0 Å². The van der Waals surface area contributed by atoms with E-state index in [1.807, 2.05) is 6.07 Å². The van der Waals surface area contributed by atoms with Gasteiger partial charge >= 0.3 is 5.97 Å². The minimum absolute atomic E-state index is 0.0352. The van der Waals surface area contributed by atoms with Gasteiger partial charge in [-0.1, -0.05) is 25.1 Å². The summed E-state index contributed by atoms with van der Waals surface area (Å²) < 4.78 is 5.15. The molecule has 0 spiro atoms. The zero-order valence-electron chi connectivity index (χ0n) is 12.5. The second kappa shape index (κ2) is 6.15. The van der Waals surface area contributed by atoms with E-state index in [2.05, 4.69) is 0 Å². The number of aliphatic hydroxyl groups is 1. The van der Waals surface area contributed by atoms with E-state index in [9.17, 15) is 19.8 Å². The van der Waals surface area contributed by atoms with Gasteiger partial charge in [-0.2, -0.15) is 0 Å². The highest BCUT2D eigenvalue weighted by atomic mass is 16.5. The van der Waals surface area contributed by atoms with E-state index in [1.54, 1.807) is 44.4 Å². The van der Waals surface area contributed by atoms with Crippen LogP contribution in [-0.4, -0.2) is 35.7 Å². The molecule has 0 heterocycles. The van der Waals surface area contributed by atoms with Crippen molar-refractivity contribution in [2.24, 2.45) is 0 Å². The lowest BCUT2D eigenvalue weighted by atomic mass is 9.76. The van der Waals surface area contributed by atoms with Crippen molar-refractivity contribution >= 4 is 22.5 Å². The summed E-state index contributed by atoms with van der Waals surface area (Å²) in [5.41, 5.74) is -1.63. The number of aliphatic hydroxyl groups excluding tert-OH is 1. The van der Waals surface area contributed by atoms with Crippen LogP contribution < -0.4 is 4.74 Å². The fourth-order valence-corrected chi connectivity index (χ4v) is 2.57. The quantitative estimate of drug-likeness (QED) is 0.799. The van der Waals surface area contributed by atoms with E-state index in [0.717, 1.165) is 10.8 Å². The van der Waals surface area contributed by atoms with Gasteiger partial charge in [0.05, 0.1) is 13.7 Å². The van der Waals surface area contributed by atoms with Crippen LogP contribution in [0.1, 0.15) is 18.9 Å². The molecule has 0 amide bonds. The zero-order chi connectivity index (χ0) is 16.3. The Balaban J connectivity index is 2.64. The molecule has 2 aromatic rings. The molecule has 22 heavy (non-hydrogen) atoms. The fourth-order valence-electron chi connectivity index (χ4n) is 2.57. The lowest BCUT2D eigenvalue weighted by Crippen LogP contribution is -2.46. The number of hydrogen-bond donors (Lipinski definition) is 2. The molecule has 116 valence electrons. The van der Waals surface area contributed by atoms with Crippen molar-refractivity contribution in [3.05, 3.63) is 42.0 Å². The van der Waals surface area contributed by atoms with E-state index in [4.69, 9.17) is 4.74 Å². The number of fused-ring (bicyclic) bond motifs is 1. The zero-order valence-corrected chi connectivity index (χ0v) is 12.5. The van der Waals surface area contributed by atoms with Gasteiger partial charge in [0.1, 0.15) is 5.75 Å². The number of carboxylic acids is 1. The maximum absolute atomic E-state index is 12.2. The number of carbonyl (C=O) groups is 2. The number of hydrogen-bond acceptors (Lipinski definition) is 4. The molecular formula is C17H18O5.